The minimum atomic E-state index is -1.85. The second-order valence-corrected chi connectivity index (χ2v) is 12.5. The van der Waals surface area contributed by atoms with Gasteiger partial charge in [0.2, 0.25) is 0 Å². The van der Waals surface area contributed by atoms with Crippen molar-refractivity contribution in [1.29, 1.82) is 0 Å². The third kappa shape index (κ3) is 7.45. The molecule has 17 nitrogen and oxygen atoms in total. The lowest BCUT2D eigenvalue weighted by Crippen LogP contribution is -2.69. The highest BCUT2D eigenvalue weighted by molar-refractivity contribution is 5.90. The van der Waals surface area contributed by atoms with E-state index in [0.717, 1.165) is 0 Å². The lowest BCUT2D eigenvalue weighted by Gasteiger charge is -2.50. The Labute approximate surface area is 256 Å². The number of nitrogens with two attached hydrogens (primary N) is 4. The van der Waals surface area contributed by atoms with Crippen LogP contribution < -0.4 is 38.9 Å². The number of hydrogen-bond donors (Lipinski definition) is 12. The summed E-state index contributed by atoms with van der Waals surface area (Å²) in [5.74, 6) is -1.17. The Bertz CT molecular complexity index is 1060. The molecule has 0 aromatic rings. The minimum absolute atomic E-state index is 0.00180. The molecule has 44 heavy (non-hydrogen) atoms. The molecule has 2 aliphatic carbocycles. The normalized spacial score (nSPS) is 43.8. The number of rotatable bonds is 12. The zero-order chi connectivity index (χ0) is 32.4. The van der Waals surface area contributed by atoms with E-state index < -0.39 is 83.9 Å². The number of aliphatic hydroxyl groups is 5. The van der Waals surface area contributed by atoms with Crippen molar-refractivity contribution in [2.45, 2.75) is 105 Å². The molecule has 1 amide bonds. The first-order valence-corrected chi connectivity index (χ1v) is 15.1. The Balaban J connectivity index is 1.55. The fourth-order valence-electron chi connectivity index (χ4n) is 6.48. The molecule has 2 aliphatic heterocycles. The molecule has 16 N–H and O–H groups in total. The average Bonchev–Trinajstić information content (AvgIpc) is 3.60. The van der Waals surface area contributed by atoms with Crippen LogP contribution in [-0.4, -0.2) is 143 Å². The van der Waals surface area contributed by atoms with Crippen LogP contribution in [0.3, 0.4) is 0 Å². The highest BCUT2D eigenvalue weighted by Gasteiger charge is 2.61. The van der Waals surface area contributed by atoms with E-state index >= 15 is 0 Å². The SMILES string of the molecule is CN[C@@H]1[C@@H](O)[C@@H](O[C@H]2[C@H](NC(=O)C3(O)CC3N=C(N)N)C[C@H](N)C([C@H]3OC(CNCCCO)=CC[C@H]3N)[C@@H]2O)OC[C@]1(C)O. The zero-order valence-electron chi connectivity index (χ0n) is 25.2. The van der Waals surface area contributed by atoms with Gasteiger partial charge in [0.25, 0.3) is 5.91 Å². The highest BCUT2D eigenvalue weighted by atomic mass is 16.7. The van der Waals surface area contributed by atoms with Crippen molar-refractivity contribution in [2.24, 2.45) is 33.8 Å². The van der Waals surface area contributed by atoms with Gasteiger partial charge in [-0.3, -0.25) is 4.79 Å². The van der Waals surface area contributed by atoms with Crippen LogP contribution >= 0.6 is 0 Å². The number of likely N-dealkylation sites (N-methyl/N-ethyl adjacent to an activating group) is 1. The van der Waals surface area contributed by atoms with Crippen molar-refractivity contribution in [3.8, 4) is 0 Å². The molecule has 0 aromatic carbocycles. The summed E-state index contributed by atoms with van der Waals surface area (Å²) in [7, 11) is 1.58. The molecule has 252 valence electrons. The minimum Gasteiger partial charge on any atom is -0.492 e. The van der Waals surface area contributed by atoms with E-state index in [1.54, 1.807) is 7.05 Å². The number of hydrogen-bond acceptors (Lipinski definition) is 14. The van der Waals surface area contributed by atoms with Crippen LogP contribution in [0.2, 0.25) is 0 Å². The Morgan fingerprint density at radius 3 is 2.59 bits per heavy atom. The summed E-state index contributed by atoms with van der Waals surface area (Å²) in [6.07, 6.45) is -2.93. The molecule has 17 heteroatoms. The topological polar surface area (TPSA) is 298 Å². The number of guanidine groups is 1. The van der Waals surface area contributed by atoms with E-state index in [1.165, 1.54) is 6.92 Å². The van der Waals surface area contributed by atoms with Crippen LogP contribution in [0.5, 0.6) is 0 Å². The maximum absolute atomic E-state index is 13.2. The van der Waals surface area contributed by atoms with E-state index in [0.29, 0.717) is 31.7 Å². The van der Waals surface area contributed by atoms with Crippen LogP contribution in [0.25, 0.3) is 0 Å². The van der Waals surface area contributed by atoms with Crippen LogP contribution in [-0.2, 0) is 19.0 Å². The number of nitrogens with zero attached hydrogens (tertiary/aromatic N) is 1. The summed E-state index contributed by atoms with van der Waals surface area (Å²) in [5, 5.41) is 62.3. The molecule has 3 unspecified atom stereocenters. The van der Waals surface area contributed by atoms with E-state index in [-0.39, 0.29) is 32.0 Å². The Hall–Kier alpha value is -2.16. The highest BCUT2D eigenvalue weighted by Crippen LogP contribution is 2.41. The van der Waals surface area contributed by atoms with Crippen molar-refractivity contribution in [3.05, 3.63) is 11.8 Å². The molecular weight excluding hydrogens is 580 g/mol. The van der Waals surface area contributed by atoms with Gasteiger partial charge in [-0.2, -0.15) is 0 Å². The molecule has 13 atom stereocenters. The molecule has 2 saturated carbocycles. The van der Waals surface area contributed by atoms with Crippen molar-refractivity contribution < 1.29 is 44.5 Å². The van der Waals surface area contributed by atoms with E-state index in [1.807, 2.05) is 6.08 Å². The molecule has 0 spiro atoms. The first kappa shape index (κ1) is 34.7. The van der Waals surface area contributed by atoms with Crippen molar-refractivity contribution in [1.82, 2.24) is 16.0 Å². The van der Waals surface area contributed by atoms with Gasteiger partial charge in [0.1, 0.15) is 29.7 Å². The van der Waals surface area contributed by atoms with E-state index in [4.69, 9.17) is 42.3 Å². The second kappa shape index (κ2) is 14.1. The fraction of sp³-hybridized carbons (Fsp3) is 0.852. The Morgan fingerprint density at radius 2 is 1.93 bits per heavy atom. The molecule has 0 radical (unpaired) electrons. The van der Waals surface area contributed by atoms with Crippen LogP contribution in [0, 0.1) is 5.92 Å². The van der Waals surface area contributed by atoms with Crippen LogP contribution in [0.1, 0.15) is 32.6 Å². The number of aliphatic imine (C=N–C) groups is 1. The number of ether oxygens (including phenoxy) is 3. The van der Waals surface area contributed by atoms with Crippen LogP contribution in [0.4, 0.5) is 0 Å². The van der Waals surface area contributed by atoms with E-state index in [9.17, 15) is 25.2 Å². The number of amides is 1. The van der Waals surface area contributed by atoms with Crippen LogP contribution in [0.15, 0.2) is 16.8 Å². The van der Waals surface area contributed by atoms with Gasteiger partial charge in [0.05, 0.1) is 37.4 Å². The molecule has 2 heterocycles. The quantitative estimate of drug-likeness (QED) is 0.0543. The summed E-state index contributed by atoms with van der Waals surface area (Å²) < 4.78 is 18.1. The largest absolute Gasteiger partial charge is 0.492 e. The van der Waals surface area contributed by atoms with Crippen molar-refractivity contribution in [3.63, 3.8) is 0 Å². The Morgan fingerprint density at radius 1 is 1.20 bits per heavy atom. The summed E-state index contributed by atoms with van der Waals surface area (Å²) in [6, 6.07) is -3.83. The molecule has 0 bridgehead atoms. The molecule has 0 aromatic heterocycles. The fourth-order valence-corrected chi connectivity index (χ4v) is 6.48. The van der Waals surface area contributed by atoms with Crippen molar-refractivity contribution in [2.75, 3.05) is 33.4 Å². The molecule has 3 fully saturated rings. The molecule has 4 rings (SSSR count). The van der Waals surface area contributed by atoms with Gasteiger partial charge in [-0.15, -0.1) is 0 Å². The summed E-state index contributed by atoms with van der Waals surface area (Å²) >= 11 is 0. The number of aliphatic hydroxyl groups excluding tert-OH is 3. The zero-order valence-corrected chi connectivity index (χ0v) is 25.2. The first-order valence-electron chi connectivity index (χ1n) is 15.1. The number of carbonyl (C=O) groups excluding carboxylic acids is 1. The third-order valence-electron chi connectivity index (χ3n) is 9.01. The van der Waals surface area contributed by atoms with Gasteiger partial charge in [-0.05, 0) is 45.9 Å². The molecular formula is C27H50N8O9. The monoisotopic (exact) mass is 630 g/mol. The third-order valence-corrected chi connectivity index (χ3v) is 9.01. The number of carbonyl (C=O) groups is 1. The first-order chi connectivity index (χ1) is 20.7. The predicted molar refractivity (Wildman–Crippen MR) is 157 cm³/mol. The van der Waals surface area contributed by atoms with Gasteiger partial charge >= 0.3 is 0 Å². The molecule has 1 saturated heterocycles. The van der Waals surface area contributed by atoms with Crippen molar-refractivity contribution >= 4 is 11.9 Å². The Kier molecular flexibility index (Phi) is 11.1. The smallest absolute Gasteiger partial charge is 0.254 e. The maximum atomic E-state index is 13.2. The van der Waals surface area contributed by atoms with Gasteiger partial charge in [0, 0.05) is 31.0 Å². The van der Waals surface area contributed by atoms with E-state index in [2.05, 4.69) is 20.9 Å². The average molecular weight is 631 g/mol. The lowest BCUT2D eigenvalue weighted by molar-refractivity contribution is -0.297. The van der Waals surface area contributed by atoms with Gasteiger partial charge in [-0.25, -0.2) is 4.99 Å². The van der Waals surface area contributed by atoms with Gasteiger partial charge < -0.3 is 78.6 Å². The predicted octanol–water partition coefficient (Wildman–Crippen LogP) is -5.63. The number of nitrogens with one attached hydrogen (secondary N) is 3. The van der Waals surface area contributed by atoms with Gasteiger partial charge in [-0.1, -0.05) is 0 Å². The molecule has 4 aliphatic rings. The summed E-state index contributed by atoms with van der Waals surface area (Å²) in [5.41, 5.74) is 20.7. The second-order valence-electron chi connectivity index (χ2n) is 12.5. The standard InChI is InChI=1S/C27H50N8O9/c1-26(40)11-42-23(19(38)22(26)32-2)44-21-15(34-24(39)27(41)9-16(27)35-25(30)31)8-14(29)17(18(21)37)20-13(28)5-4-12(43-20)10-33-6-3-7-36/h4,13-23,32-33,36-38,40-41H,3,5-11,28-29H2,1-2H3,(H,34,39)(H4,30,31,35)/t13-,14+,15-,16?,17?,18+,19-,20+,21+,22-,23-,26+,27?/m1/s1. The summed E-state index contributed by atoms with van der Waals surface area (Å²) in [4.78, 5) is 17.1. The van der Waals surface area contributed by atoms with Gasteiger partial charge in [0.15, 0.2) is 17.9 Å². The summed E-state index contributed by atoms with van der Waals surface area (Å²) in [6.45, 7) is 2.36. The lowest BCUT2D eigenvalue weighted by atomic mass is 9.72. The maximum Gasteiger partial charge on any atom is 0.254 e.